The summed E-state index contributed by atoms with van der Waals surface area (Å²) in [5, 5.41) is 4.61. The number of amides is 3. The minimum Gasteiger partial charge on any atom is -0.326 e. The van der Waals surface area contributed by atoms with E-state index >= 15 is 0 Å². The van der Waals surface area contributed by atoms with Crippen molar-refractivity contribution >= 4 is 51.4 Å². The number of benzene rings is 3. The molecule has 1 heterocycles. The Kier molecular flexibility index (Phi) is 5.18. The van der Waals surface area contributed by atoms with Gasteiger partial charge in [-0.1, -0.05) is 48.5 Å². The number of rotatable bonds is 4. The van der Waals surface area contributed by atoms with E-state index in [-0.39, 0.29) is 23.6 Å². The summed E-state index contributed by atoms with van der Waals surface area (Å²) in [5.74, 6) is -0.438. The number of imide groups is 1. The number of hydrogen-bond donors (Lipinski definition) is 1. The lowest BCUT2D eigenvalue weighted by Crippen LogP contribution is -2.27. The maximum absolute atomic E-state index is 12.8. The van der Waals surface area contributed by atoms with Gasteiger partial charge in [0.1, 0.15) is 0 Å². The lowest BCUT2D eigenvalue weighted by molar-refractivity contribution is -0.123. The van der Waals surface area contributed by atoms with Gasteiger partial charge >= 0.3 is 0 Å². The first-order valence-corrected chi connectivity index (χ1v) is 9.92. The lowest BCUT2D eigenvalue weighted by atomic mass is 10.1. The second kappa shape index (κ2) is 7.93. The Morgan fingerprint density at radius 3 is 2.45 bits per heavy atom. The average molecular weight is 402 g/mol. The summed E-state index contributed by atoms with van der Waals surface area (Å²) >= 11 is 0.943. The molecule has 1 aliphatic rings. The van der Waals surface area contributed by atoms with Crippen LogP contribution < -0.4 is 5.32 Å². The van der Waals surface area contributed by atoms with Gasteiger partial charge in [0.25, 0.3) is 11.1 Å². The van der Waals surface area contributed by atoms with Crippen LogP contribution in [0.1, 0.15) is 18.1 Å². The second-order valence-corrected chi connectivity index (χ2v) is 7.75. The molecule has 0 radical (unpaired) electrons. The zero-order valence-corrected chi connectivity index (χ0v) is 16.5. The van der Waals surface area contributed by atoms with Crippen molar-refractivity contribution in [2.75, 3.05) is 5.32 Å². The summed E-state index contributed by atoms with van der Waals surface area (Å²) in [5.41, 5.74) is 2.38. The van der Waals surface area contributed by atoms with Crippen LogP contribution in [0, 0.1) is 0 Å². The minimum absolute atomic E-state index is 0.146. The fourth-order valence-corrected chi connectivity index (χ4v) is 4.01. The number of carbonyl (C=O) groups excluding carboxylic acids is 3. The number of thioether (sulfide) groups is 1. The first kappa shape index (κ1) is 19.0. The summed E-state index contributed by atoms with van der Waals surface area (Å²) in [7, 11) is 0. The molecule has 3 aromatic rings. The van der Waals surface area contributed by atoms with E-state index in [1.54, 1.807) is 30.3 Å². The fourth-order valence-electron chi connectivity index (χ4n) is 3.17. The topological polar surface area (TPSA) is 66.5 Å². The van der Waals surface area contributed by atoms with Crippen LogP contribution in [0.25, 0.3) is 16.8 Å². The molecule has 0 aliphatic carbocycles. The van der Waals surface area contributed by atoms with Crippen LogP contribution in [0.3, 0.4) is 0 Å². The SMILES string of the molecule is CC(=O)Nc1ccc(/C=C2\SC(=O)N(Cc3ccc4ccccc4c3)C2=O)cc1. The molecular weight excluding hydrogens is 384 g/mol. The van der Waals surface area contributed by atoms with Crippen LogP contribution in [0.5, 0.6) is 0 Å². The lowest BCUT2D eigenvalue weighted by Gasteiger charge is -2.13. The molecule has 0 unspecified atom stereocenters. The van der Waals surface area contributed by atoms with Gasteiger partial charge in [-0.2, -0.15) is 0 Å². The summed E-state index contributed by atoms with van der Waals surface area (Å²) in [4.78, 5) is 37.9. The van der Waals surface area contributed by atoms with Crippen LogP contribution in [-0.4, -0.2) is 22.0 Å². The Balaban J connectivity index is 1.51. The van der Waals surface area contributed by atoms with Gasteiger partial charge in [-0.15, -0.1) is 0 Å². The molecule has 1 N–H and O–H groups in total. The maximum Gasteiger partial charge on any atom is 0.293 e. The highest BCUT2D eigenvalue weighted by molar-refractivity contribution is 8.18. The zero-order chi connectivity index (χ0) is 20.4. The molecule has 3 amide bonds. The molecule has 0 saturated carbocycles. The highest BCUT2D eigenvalue weighted by Crippen LogP contribution is 2.33. The zero-order valence-electron chi connectivity index (χ0n) is 15.7. The van der Waals surface area contributed by atoms with Crippen molar-refractivity contribution in [1.82, 2.24) is 4.90 Å². The van der Waals surface area contributed by atoms with Crippen molar-refractivity contribution in [3.8, 4) is 0 Å². The predicted octanol–water partition coefficient (Wildman–Crippen LogP) is 5.03. The van der Waals surface area contributed by atoms with Crippen molar-refractivity contribution in [3.05, 3.63) is 82.8 Å². The predicted molar refractivity (Wildman–Crippen MR) is 116 cm³/mol. The molecule has 1 fully saturated rings. The first-order valence-electron chi connectivity index (χ1n) is 9.10. The van der Waals surface area contributed by atoms with Crippen molar-refractivity contribution in [2.45, 2.75) is 13.5 Å². The van der Waals surface area contributed by atoms with Gasteiger partial charge in [0, 0.05) is 12.6 Å². The van der Waals surface area contributed by atoms with Gasteiger partial charge in [0.05, 0.1) is 11.4 Å². The molecular formula is C23H18N2O3S. The third kappa shape index (κ3) is 4.22. The number of fused-ring (bicyclic) bond motifs is 1. The molecule has 0 aromatic heterocycles. The number of anilines is 1. The standard InChI is InChI=1S/C23H18N2O3S/c1-15(26)24-20-10-7-16(8-11-20)13-21-22(27)25(23(28)29-21)14-17-6-9-18-4-2-3-5-19(18)12-17/h2-13H,14H2,1H3,(H,24,26)/b21-13-. The van der Waals surface area contributed by atoms with Crippen LogP contribution in [0.15, 0.2) is 71.6 Å². The van der Waals surface area contributed by atoms with E-state index < -0.39 is 0 Å². The third-order valence-corrected chi connectivity index (χ3v) is 5.46. The maximum atomic E-state index is 12.8. The van der Waals surface area contributed by atoms with Crippen LogP contribution in [0.4, 0.5) is 10.5 Å². The Hall–Kier alpha value is -3.38. The van der Waals surface area contributed by atoms with Crippen molar-refractivity contribution in [2.24, 2.45) is 0 Å². The van der Waals surface area contributed by atoms with Gasteiger partial charge < -0.3 is 5.32 Å². The van der Waals surface area contributed by atoms with E-state index in [1.807, 2.05) is 42.5 Å². The van der Waals surface area contributed by atoms with Gasteiger partial charge in [-0.05, 0) is 57.9 Å². The molecule has 0 bridgehead atoms. The van der Waals surface area contributed by atoms with E-state index in [2.05, 4.69) is 5.32 Å². The fraction of sp³-hybridized carbons (Fsp3) is 0.0870. The normalized spacial score (nSPS) is 15.3. The molecule has 0 spiro atoms. The monoisotopic (exact) mass is 402 g/mol. The highest BCUT2D eigenvalue weighted by atomic mass is 32.2. The smallest absolute Gasteiger partial charge is 0.293 e. The number of carbonyl (C=O) groups is 3. The van der Waals surface area contributed by atoms with Crippen LogP contribution >= 0.6 is 11.8 Å². The largest absolute Gasteiger partial charge is 0.326 e. The molecule has 144 valence electrons. The summed E-state index contributed by atoms with van der Waals surface area (Å²) in [6, 6.07) is 21.0. The van der Waals surface area contributed by atoms with Crippen molar-refractivity contribution < 1.29 is 14.4 Å². The Bertz CT molecular complexity index is 1150. The third-order valence-electron chi connectivity index (χ3n) is 4.56. The summed E-state index contributed by atoms with van der Waals surface area (Å²) in [6.07, 6.45) is 1.70. The van der Waals surface area contributed by atoms with E-state index in [0.29, 0.717) is 10.6 Å². The molecule has 1 aliphatic heterocycles. The second-order valence-electron chi connectivity index (χ2n) is 6.75. The van der Waals surface area contributed by atoms with E-state index in [0.717, 1.165) is 33.7 Å². The van der Waals surface area contributed by atoms with Gasteiger partial charge in [-0.3, -0.25) is 19.3 Å². The number of nitrogens with one attached hydrogen (secondary N) is 1. The molecule has 6 heteroatoms. The summed E-state index contributed by atoms with van der Waals surface area (Å²) < 4.78 is 0. The molecule has 0 atom stereocenters. The molecule has 29 heavy (non-hydrogen) atoms. The molecule has 5 nitrogen and oxygen atoms in total. The number of hydrogen-bond acceptors (Lipinski definition) is 4. The van der Waals surface area contributed by atoms with Crippen LogP contribution in [0.2, 0.25) is 0 Å². The van der Waals surface area contributed by atoms with Crippen LogP contribution in [-0.2, 0) is 16.1 Å². The van der Waals surface area contributed by atoms with E-state index in [9.17, 15) is 14.4 Å². The van der Waals surface area contributed by atoms with Gasteiger partial charge in [-0.25, -0.2) is 0 Å². The quantitative estimate of drug-likeness (QED) is 0.621. The Morgan fingerprint density at radius 2 is 1.72 bits per heavy atom. The average Bonchev–Trinajstić information content (AvgIpc) is 2.96. The Labute approximate surface area is 172 Å². The molecule has 4 rings (SSSR count). The first-order chi connectivity index (χ1) is 14.0. The number of nitrogens with zero attached hydrogens (tertiary/aromatic N) is 1. The highest BCUT2D eigenvalue weighted by Gasteiger charge is 2.34. The van der Waals surface area contributed by atoms with Gasteiger partial charge in [0.15, 0.2) is 0 Å². The van der Waals surface area contributed by atoms with E-state index in [1.165, 1.54) is 11.8 Å². The van der Waals surface area contributed by atoms with Crippen molar-refractivity contribution in [3.63, 3.8) is 0 Å². The van der Waals surface area contributed by atoms with E-state index in [4.69, 9.17) is 0 Å². The van der Waals surface area contributed by atoms with Crippen molar-refractivity contribution in [1.29, 1.82) is 0 Å². The molecule has 3 aromatic carbocycles. The van der Waals surface area contributed by atoms with Gasteiger partial charge in [0.2, 0.25) is 5.91 Å². The molecule has 1 saturated heterocycles. The Morgan fingerprint density at radius 1 is 1.00 bits per heavy atom. The minimum atomic E-state index is -0.293. The summed E-state index contributed by atoms with van der Waals surface area (Å²) in [6.45, 7) is 1.69.